The van der Waals surface area contributed by atoms with Crippen LogP contribution >= 0.6 is 0 Å². The minimum Gasteiger partial charge on any atom is -0.458 e. The number of halogens is 1. The number of carbonyl (C=O) groups excluding carboxylic acids is 1. The molecule has 32 heavy (non-hydrogen) atoms. The number of aliphatic hydroxyl groups is 1. The van der Waals surface area contributed by atoms with Crippen LogP contribution < -0.4 is 16.5 Å². The largest absolute Gasteiger partial charge is 0.458 e. The van der Waals surface area contributed by atoms with Crippen LogP contribution in [0.15, 0.2) is 23.0 Å². The number of pyridine rings is 2. The average Bonchev–Trinajstić information content (AvgIpc) is 3.10. The molecule has 2 aliphatic rings. The number of hydrogen-bond acceptors (Lipinski definition) is 6. The summed E-state index contributed by atoms with van der Waals surface area (Å²) in [5, 5.41) is 12.2. The van der Waals surface area contributed by atoms with Crippen molar-refractivity contribution < 1.29 is 19.0 Å². The number of aromatic nitrogens is 2. The zero-order valence-corrected chi connectivity index (χ0v) is 19.4. The Morgan fingerprint density at radius 2 is 2.00 bits per heavy atom. The van der Waals surface area contributed by atoms with E-state index in [9.17, 15) is 14.7 Å². The van der Waals surface area contributed by atoms with Crippen molar-refractivity contribution in [3.63, 3.8) is 0 Å². The van der Waals surface area contributed by atoms with E-state index in [0.717, 1.165) is 5.19 Å². The Bertz CT molecular complexity index is 1410. The molecule has 0 spiro atoms. The third-order valence-electron chi connectivity index (χ3n) is 6.61. The molecule has 1 atom stereocenters. The number of benzene rings is 1. The first kappa shape index (κ1) is 20.8. The van der Waals surface area contributed by atoms with E-state index in [2.05, 4.69) is 19.6 Å². The zero-order chi connectivity index (χ0) is 23.2. The van der Waals surface area contributed by atoms with Gasteiger partial charge < -0.3 is 20.1 Å². The maximum Gasteiger partial charge on any atom is 0.343 e. The van der Waals surface area contributed by atoms with Crippen molar-refractivity contribution >= 4 is 35.8 Å². The van der Waals surface area contributed by atoms with Crippen molar-refractivity contribution in [3.05, 3.63) is 51.1 Å². The Morgan fingerprint density at radius 3 is 2.66 bits per heavy atom. The Kier molecular flexibility index (Phi) is 4.22. The van der Waals surface area contributed by atoms with Gasteiger partial charge in [0.25, 0.3) is 5.56 Å². The quantitative estimate of drug-likeness (QED) is 0.274. The van der Waals surface area contributed by atoms with Crippen LogP contribution in [0.5, 0.6) is 0 Å². The first-order valence-corrected chi connectivity index (χ1v) is 14.1. The molecule has 166 valence electrons. The summed E-state index contributed by atoms with van der Waals surface area (Å²) < 4.78 is 22.3. The Morgan fingerprint density at radius 1 is 1.28 bits per heavy atom. The smallest absolute Gasteiger partial charge is 0.343 e. The maximum atomic E-state index is 15.8. The minimum atomic E-state index is -1.92. The lowest BCUT2D eigenvalue weighted by molar-refractivity contribution is -0.172. The van der Waals surface area contributed by atoms with Crippen LogP contribution in [-0.2, 0) is 28.3 Å². The molecule has 7 nitrogen and oxygen atoms in total. The lowest BCUT2D eigenvalue weighted by Gasteiger charge is -2.31. The molecule has 0 saturated carbocycles. The van der Waals surface area contributed by atoms with Gasteiger partial charge >= 0.3 is 5.97 Å². The number of nitrogens with two attached hydrogens (primary N) is 1. The molecule has 0 unspecified atom stereocenters. The van der Waals surface area contributed by atoms with Crippen molar-refractivity contribution in [2.45, 2.75) is 51.7 Å². The summed E-state index contributed by atoms with van der Waals surface area (Å²) >= 11 is 0. The van der Waals surface area contributed by atoms with Gasteiger partial charge in [0.1, 0.15) is 12.4 Å². The van der Waals surface area contributed by atoms with Gasteiger partial charge in [0, 0.05) is 16.8 Å². The molecule has 0 radical (unpaired) electrons. The summed E-state index contributed by atoms with van der Waals surface area (Å²) in [6.07, 6.45) is 0.0460. The number of fused-ring (bicyclic) bond motifs is 5. The monoisotopic (exact) mass is 453 g/mol. The summed E-state index contributed by atoms with van der Waals surface area (Å²) in [4.78, 5) is 30.4. The van der Waals surface area contributed by atoms with E-state index in [1.165, 1.54) is 4.57 Å². The molecule has 9 heteroatoms. The second kappa shape index (κ2) is 6.49. The van der Waals surface area contributed by atoms with Gasteiger partial charge in [-0.1, -0.05) is 32.6 Å². The number of nitrogens with zero attached hydrogens (tertiary/aromatic N) is 2. The number of carbonyl (C=O) groups is 1. The lowest BCUT2D eigenvalue weighted by Crippen LogP contribution is -2.44. The third-order valence-corrected chi connectivity index (χ3v) is 8.63. The fourth-order valence-corrected chi connectivity index (χ4v) is 6.23. The van der Waals surface area contributed by atoms with Crippen LogP contribution in [0, 0.1) is 5.82 Å². The van der Waals surface area contributed by atoms with E-state index >= 15 is 4.39 Å². The highest BCUT2D eigenvalue weighted by atomic mass is 28.3. The van der Waals surface area contributed by atoms with Gasteiger partial charge in [0.15, 0.2) is 5.60 Å². The predicted octanol–water partition coefficient (Wildman–Crippen LogP) is 2.35. The molecule has 0 fully saturated rings. The molecule has 0 aliphatic carbocycles. The highest BCUT2D eigenvalue weighted by Crippen LogP contribution is 2.40. The van der Waals surface area contributed by atoms with Crippen LogP contribution in [0.1, 0.15) is 30.0 Å². The second-order valence-corrected chi connectivity index (χ2v) is 14.6. The van der Waals surface area contributed by atoms with Gasteiger partial charge in [0.05, 0.1) is 42.5 Å². The standard InChI is InChI=1S/C23H24FN3O4Si/c1-5-23(30)13-8-15-19-11(9-27(15)21(28)12(13)10-31-22(23)29)18(24)17-14(25)6-7-16(20(17)26-19)32(2,3)4/h6-8,30H,5,9-10,25H2,1-4H3/t23-/m0/s1. The predicted molar refractivity (Wildman–Crippen MR) is 122 cm³/mol. The van der Waals surface area contributed by atoms with E-state index < -0.39 is 31.0 Å². The van der Waals surface area contributed by atoms with Crippen molar-refractivity contribution in [3.8, 4) is 11.4 Å². The van der Waals surface area contributed by atoms with E-state index in [-0.39, 0.29) is 41.6 Å². The maximum absolute atomic E-state index is 15.8. The van der Waals surface area contributed by atoms with Gasteiger partial charge in [-0.05, 0) is 23.7 Å². The number of anilines is 1. The molecule has 1 aromatic carbocycles. The van der Waals surface area contributed by atoms with Crippen molar-refractivity contribution in [1.29, 1.82) is 0 Å². The second-order valence-electron chi connectivity index (χ2n) is 9.53. The third kappa shape index (κ3) is 2.58. The minimum absolute atomic E-state index is 0.000662. The molecule has 0 saturated heterocycles. The average molecular weight is 454 g/mol. The highest BCUT2D eigenvalue weighted by molar-refractivity contribution is 6.90. The van der Waals surface area contributed by atoms with Crippen LogP contribution in [0.3, 0.4) is 0 Å². The van der Waals surface area contributed by atoms with Crippen molar-refractivity contribution in [2.75, 3.05) is 5.73 Å². The Hall–Kier alpha value is -3.04. The van der Waals surface area contributed by atoms with Gasteiger partial charge in [-0.15, -0.1) is 0 Å². The molecule has 3 N–H and O–H groups in total. The molecule has 2 aromatic heterocycles. The molecular weight excluding hydrogens is 429 g/mol. The van der Waals surface area contributed by atoms with E-state index in [1.54, 1.807) is 19.1 Å². The van der Waals surface area contributed by atoms with Crippen LogP contribution in [0.4, 0.5) is 10.1 Å². The van der Waals surface area contributed by atoms with Gasteiger partial charge in [-0.25, -0.2) is 14.2 Å². The Labute approximate surface area is 184 Å². The number of esters is 1. The van der Waals surface area contributed by atoms with E-state index in [1.807, 2.05) is 6.07 Å². The number of rotatable bonds is 2. The fraction of sp³-hybridized carbons (Fsp3) is 0.348. The number of ether oxygens (including phenoxy) is 1. The number of cyclic esters (lactones) is 1. The summed E-state index contributed by atoms with van der Waals surface area (Å²) in [5.74, 6) is -1.27. The molecule has 0 bridgehead atoms. The highest BCUT2D eigenvalue weighted by Gasteiger charge is 2.45. The fourth-order valence-electron chi connectivity index (χ4n) is 4.76. The summed E-state index contributed by atoms with van der Waals surface area (Å²) in [5.41, 5.74) is 6.04. The molecule has 5 rings (SSSR count). The molecule has 4 heterocycles. The molecule has 0 amide bonds. The molecule has 2 aliphatic heterocycles. The van der Waals surface area contributed by atoms with Crippen LogP contribution in [0.25, 0.3) is 22.3 Å². The first-order chi connectivity index (χ1) is 15.0. The molecular formula is C23H24FN3O4Si. The van der Waals surface area contributed by atoms with E-state index in [4.69, 9.17) is 15.5 Å². The van der Waals surface area contributed by atoms with E-state index in [0.29, 0.717) is 22.6 Å². The normalized spacial score (nSPS) is 19.5. The summed E-state index contributed by atoms with van der Waals surface area (Å²) in [6.45, 7) is 7.85. The number of nitrogen functional groups attached to an aromatic ring is 1. The van der Waals surface area contributed by atoms with Crippen LogP contribution in [0.2, 0.25) is 19.6 Å². The van der Waals surface area contributed by atoms with Crippen molar-refractivity contribution in [1.82, 2.24) is 9.55 Å². The summed E-state index contributed by atoms with van der Waals surface area (Å²) in [7, 11) is -1.89. The topological polar surface area (TPSA) is 107 Å². The molecule has 3 aromatic rings. The van der Waals surface area contributed by atoms with Crippen molar-refractivity contribution in [2.24, 2.45) is 0 Å². The zero-order valence-electron chi connectivity index (χ0n) is 18.4. The van der Waals surface area contributed by atoms with Gasteiger partial charge in [-0.3, -0.25) is 4.79 Å². The van der Waals surface area contributed by atoms with Gasteiger partial charge in [0.2, 0.25) is 0 Å². The van der Waals surface area contributed by atoms with Gasteiger partial charge in [-0.2, -0.15) is 0 Å². The first-order valence-electron chi connectivity index (χ1n) is 10.6. The Balaban J connectivity index is 1.87. The number of hydrogen-bond donors (Lipinski definition) is 2. The van der Waals surface area contributed by atoms with Crippen LogP contribution in [-0.4, -0.2) is 28.7 Å². The summed E-state index contributed by atoms with van der Waals surface area (Å²) in [6, 6.07) is 5.21. The SMILES string of the molecule is CC[C@@]1(O)C(=O)OCc2c1cc1n(c2=O)Cc2c-1nc1c([Si](C)(C)C)ccc(N)c1c2F. The lowest BCUT2D eigenvalue weighted by atomic mass is 9.86.